The summed E-state index contributed by atoms with van der Waals surface area (Å²) in [6.07, 6.45) is 0.694. The molecule has 2 aromatic rings. The van der Waals surface area contributed by atoms with Gasteiger partial charge in [0.15, 0.2) is 6.23 Å². The lowest BCUT2D eigenvalue weighted by Gasteiger charge is -2.21. The van der Waals surface area contributed by atoms with Crippen molar-refractivity contribution in [3.8, 4) is 17.2 Å². The quantitative estimate of drug-likeness (QED) is 0.783. The molecule has 1 N–H and O–H groups in total. The van der Waals surface area contributed by atoms with Gasteiger partial charge in [-0.25, -0.2) is 0 Å². The molecule has 0 radical (unpaired) electrons. The van der Waals surface area contributed by atoms with Crippen LogP contribution in [0.2, 0.25) is 0 Å². The van der Waals surface area contributed by atoms with E-state index in [0.717, 1.165) is 29.4 Å². The zero-order valence-corrected chi connectivity index (χ0v) is 12.6. The first kappa shape index (κ1) is 15.0. The van der Waals surface area contributed by atoms with Crippen molar-refractivity contribution in [2.75, 3.05) is 19.5 Å². The molecule has 1 unspecified atom stereocenters. The van der Waals surface area contributed by atoms with Crippen LogP contribution in [0.25, 0.3) is 0 Å². The van der Waals surface area contributed by atoms with Crippen LogP contribution in [0, 0.1) is 0 Å². The molecule has 0 aliphatic heterocycles. The van der Waals surface area contributed by atoms with Crippen LogP contribution in [-0.4, -0.2) is 20.4 Å². The van der Waals surface area contributed by atoms with Crippen LogP contribution < -0.4 is 19.5 Å². The summed E-state index contributed by atoms with van der Waals surface area (Å²) in [5, 5.41) is 3.35. The molecule has 0 aliphatic carbocycles. The fourth-order valence-electron chi connectivity index (χ4n) is 1.97. The summed E-state index contributed by atoms with van der Waals surface area (Å²) in [7, 11) is 3.27. The van der Waals surface area contributed by atoms with Crippen molar-refractivity contribution >= 4 is 5.69 Å². The van der Waals surface area contributed by atoms with E-state index in [-0.39, 0.29) is 6.23 Å². The van der Waals surface area contributed by atoms with Crippen molar-refractivity contribution in [3.05, 3.63) is 48.5 Å². The van der Waals surface area contributed by atoms with Gasteiger partial charge in [-0.3, -0.25) is 0 Å². The van der Waals surface area contributed by atoms with Crippen molar-refractivity contribution < 1.29 is 14.2 Å². The normalized spacial score (nSPS) is 11.6. The predicted octanol–water partition coefficient (Wildman–Crippen LogP) is 3.93. The molecule has 0 saturated heterocycles. The number of nitrogens with one attached hydrogen (secondary N) is 1. The molecular formula is C17H21NO3. The molecule has 0 aliphatic rings. The molecule has 2 rings (SSSR count). The smallest absolute Gasteiger partial charge is 0.169 e. The number of methoxy groups -OCH3 is 2. The average molecular weight is 287 g/mol. The van der Waals surface area contributed by atoms with Crippen LogP contribution in [0.1, 0.15) is 13.3 Å². The second kappa shape index (κ2) is 7.43. The molecule has 0 aromatic heterocycles. The highest BCUT2D eigenvalue weighted by Gasteiger charge is 2.11. The van der Waals surface area contributed by atoms with Crippen molar-refractivity contribution in [2.24, 2.45) is 0 Å². The molecule has 0 saturated carbocycles. The SMILES string of the molecule is CCC(Nc1ccc(OC)cc1OC)Oc1ccccc1. The predicted molar refractivity (Wildman–Crippen MR) is 84.3 cm³/mol. The molecule has 2 aromatic carbocycles. The highest BCUT2D eigenvalue weighted by atomic mass is 16.5. The average Bonchev–Trinajstić information content (AvgIpc) is 2.55. The van der Waals surface area contributed by atoms with E-state index in [1.807, 2.05) is 48.5 Å². The molecule has 0 spiro atoms. The number of ether oxygens (including phenoxy) is 3. The van der Waals surface area contributed by atoms with E-state index in [1.165, 1.54) is 0 Å². The largest absolute Gasteiger partial charge is 0.497 e. The standard InChI is InChI=1S/C17H21NO3/c1-4-17(21-13-8-6-5-7-9-13)18-15-11-10-14(19-2)12-16(15)20-3/h5-12,17-18H,4H2,1-3H3. The Hall–Kier alpha value is -2.36. The lowest BCUT2D eigenvalue weighted by Crippen LogP contribution is -2.25. The van der Waals surface area contributed by atoms with Crippen LogP contribution in [0.3, 0.4) is 0 Å². The van der Waals surface area contributed by atoms with E-state index in [9.17, 15) is 0 Å². The van der Waals surface area contributed by atoms with Gasteiger partial charge in [0, 0.05) is 12.5 Å². The molecule has 4 nitrogen and oxygen atoms in total. The molecule has 4 heteroatoms. The number of benzene rings is 2. The molecule has 0 amide bonds. The Labute approximate surface area is 125 Å². The summed E-state index contributed by atoms with van der Waals surface area (Å²) >= 11 is 0. The first-order valence-electron chi connectivity index (χ1n) is 6.97. The molecule has 0 bridgehead atoms. The third-order valence-electron chi connectivity index (χ3n) is 3.12. The summed E-state index contributed by atoms with van der Waals surface area (Å²) in [6, 6.07) is 15.4. The third-order valence-corrected chi connectivity index (χ3v) is 3.12. The zero-order chi connectivity index (χ0) is 15.1. The Bertz CT molecular complexity index is 557. The van der Waals surface area contributed by atoms with Gasteiger partial charge in [0.05, 0.1) is 19.9 Å². The van der Waals surface area contributed by atoms with Crippen molar-refractivity contribution in [1.29, 1.82) is 0 Å². The Balaban J connectivity index is 2.11. The van der Waals surface area contributed by atoms with Crippen LogP contribution in [0.15, 0.2) is 48.5 Å². The van der Waals surface area contributed by atoms with Crippen LogP contribution in [-0.2, 0) is 0 Å². The maximum absolute atomic E-state index is 5.93. The van der Waals surface area contributed by atoms with Gasteiger partial charge in [0.1, 0.15) is 17.2 Å². The maximum Gasteiger partial charge on any atom is 0.169 e. The molecule has 1 atom stereocenters. The number of rotatable bonds is 7. The van der Waals surface area contributed by atoms with Gasteiger partial charge >= 0.3 is 0 Å². The number of para-hydroxylation sites is 1. The topological polar surface area (TPSA) is 39.7 Å². The fraction of sp³-hybridized carbons (Fsp3) is 0.294. The van der Waals surface area contributed by atoms with E-state index < -0.39 is 0 Å². The number of anilines is 1. The van der Waals surface area contributed by atoms with E-state index in [0.29, 0.717) is 0 Å². The minimum absolute atomic E-state index is 0.130. The van der Waals surface area contributed by atoms with Gasteiger partial charge in [0.2, 0.25) is 0 Å². The summed E-state index contributed by atoms with van der Waals surface area (Å²) in [6.45, 7) is 2.07. The number of hydrogen-bond donors (Lipinski definition) is 1. The molecule has 0 heterocycles. The van der Waals surface area contributed by atoms with Crippen molar-refractivity contribution in [3.63, 3.8) is 0 Å². The van der Waals surface area contributed by atoms with Crippen LogP contribution >= 0.6 is 0 Å². The minimum atomic E-state index is -0.130. The Morgan fingerprint density at radius 3 is 2.33 bits per heavy atom. The number of hydrogen-bond acceptors (Lipinski definition) is 4. The molecular weight excluding hydrogens is 266 g/mol. The van der Waals surface area contributed by atoms with Gasteiger partial charge < -0.3 is 19.5 Å². The maximum atomic E-state index is 5.93. The van der Waals surface area contributed by atoms with E-state index in [2.05, 4.69) is 12.2 Å². The third kappa shape index (κ3) is 4.05. The highest BCUT2D eigenvalue weighted by Crippen LogP contribution is 2.30. The first-order valence-corrected chi connectivity index (χ1v) is 6.97. The molecule has 0 fully saturated rings. The lowest BCUT2D eigenvalue weighted by molar-refractivity contribution is 0.225. The van der Waals surface area contributed by atoms with E-state index >= 15 is 0 Å². The molecule has 21 heavy (non-hydrogen) atoms. The van der Waals surface area contributed by atoms with Crippen molar-refractivity contribution in [2.45, 2.75) is 19.6 Å². The van der Waals surface area contributed by atoms with Crippen LogP contribution in [0.5, 0.6) is 17.2 Å². The molecule has 112 valence electrons. The first-order chi connectivity index (χ1) is 10.3. The summed E-state index contributed by atoms with van der Waals surface area (Å²) in [5.41, 5.74) is 0.876. The Morgan fingerprint density at radius 1 is 0.952 bits per heavy atom. The van der Waals surface area contributed by atoms with Gasteiger partial charge in [-0.1, -0.05) is 25.1 Å². The highest BCUT2D eigenvalue weighted by molar-refractivity contribution is 5.59. The van der Waals surface area contributed by atoms with Crippen LogP contribution in [0.4, 0.5) is 5.69 Å². The summed E-state index contributed by atoms with van der Waals surface area (Å²) in [4.78, 5) is 0. The van der Waals surface area contributed by atoms with Gasteiger partial charge in [0.25, 0.3) is 0 Å². The second-order valence-electron chi connectivity index (χ2n) is 4.54. The van der Waals surface area contributed by atoms with Gasteiger partial charge in [-0.05, 0) is 24.3 Å². The Morgan fingerprint density at radius 2 is 1.71 bits per heavy atom. The van der Waals surface area contributed by atoms with Gasteiger partial charge in [-0.2, -0.15) is 0 Å². The minimum Gasteiger partial charge on any atom is -0.497 e. The summed E-state index contributed by atoms with van der Waals surface area (Å²) < 4.78 is 16.5. The fourth-order valence-corrected chi connectivity index (χ4v) is 1.97. The second-order valence-corrected chi connectivity index (χ2v) is 4.54. The lowest BCUT2D eigenvalue weighted by atomic mass is 10.2. The Kier molecular flexibility index (Phi) is 5.32. The van der Waals surface area contributed by atoms with Crippen molar-refractivity contribution in [1.82, 2.24) is 0 Å². The van der Waals surface area contributed by atoms with E-state index in [4.69, 9.17) is 14.2 Å². The summed E-state index contributed by atoms with van der Waals surface area (Å²) in [5.74, 6) is 2.32. The zero-order valence-electron chi connectivity index (χ0n) is 12.6. The monoisotopic (exact) mass is 287 g/mol. The van der Waals surface area contributed by atoms with E-state index in [1.54, 1.807) is 14.2 Å². The van der Waals surface area contributed by atoms with Gasteiger partial charge in [-0.15, -0.1) is 0 Å².